The standard InChI is InChI=1S/C14H12Br2N2O2/c15-10-5-6-13(12(16)7-10)20-8-9-3-1-2-4-11(9)14(19)18-17/h1-7H,8,17H2,(H,18,19). The number of nitrogen functional groups attached to an aromatic ring is 1. The van der Waals surface area contributed by atoms with Crippen molar-refractivity contribution in [3.05, 3.63) is 62.5 Å². The monoisotopic (exact) mass is 398 g/mol. The topological polar surface area (TPSA) is 64.3 Å². The number of hydrogen-bond acceptors (Lipinski definition) is 3. The third-order valence-corrected chi connectivity index (χ3v) is 3.78. The van der Waals surface area contributed by atoms with Crippen LogP contribution in [0, 0.1) is 0 Å². The highest BCUT2D eigenvalue weighted by molar-refractivity contribution is 9.11. The molecule has 0 saturated carbocycles. The van der Waals surface area contributed by atoms with Crippen LogP contribution in [-0.4, -0.2) is 5.91 Å². The summed E-state index contributed by atoms with van der Waals surface area (Å²) < 4.78 is 7.52. The first-order valence-corrected chi connectivity index (χ1v) is 7.37. The molecular formula is C14H12Br2N2O2. The molecule has 6 heteroatoms. The molecule has 0 heterocycles. The molecule has 0 radical (unpaired) electrons. The normalized spacial score (nSPS) is 10.2. The largest absolute Gasteiger partial charge is 0.488 e. The third-order valence-electron chi connectivity index (χ3n) is 2.67. The van der Waals surface area contributed by atoms with E-state index in [1.54, 1.807) is 12.1 Å². The van der Waals surface area contributed by atoms with Crippen molar-refractivity contribution in [1.29, 1.82) is 0 Å². The highest BCUT2D eigenvalue weighted by Crippen LogP contribution is 2.29. The second kappa shape index (κ2) is 6.88. The minimum absolute atomic E-state index is 0.282. The van der Waals surface area contributed by atoms with Crippen LogP contribution in [0.5, 0.6) is 5.75 Å². The van der Waals surface area contributed by atoms with Crippen LogP contribution >= 0.6 is 31.9 Å². The predicted molar refractivity (Wildman–Crippen MR) is 84.3 cm³/mol. The number of hydrazine groups is 1. The maximum atomic E-state index is 11.7. The Balaban J connectivity index is 2.17. The first kappa shape index (κ1) is 15.0. The molecule has 2 aromatic carbocycles. The van der Waals surface area contributed by atoms with Crippen molar-refractivity contribution in [3.8, 4) is 5.75 Å². The maximum absolute atomic E-state index is 11.7. The van der Waals surface area contributed by atoms with E-state index in [2.05, 4.69) is 37.3 Å². The van der Waals surface area contributed by atoms with E-state index in [0.29, 0.717) is 11.3 Å². The summed E-state index contributed by atoms with van der Waals surface area (Å²) in [5, 5.41) is 0. The Labute approximate surface area is 133 Å². The molecule has 4 nitrogen and oxygen atoms in total. The number of nitrogens with two attached hydrogens (primary N) is 1. The number of hydrogen-bond donors (Lipinski definition) is 2. The number of rotatable bonds is 4. The minimum atomic E-state index is -0.334. The average Bonchev–Trinajstić information content (AvgIpc) is 2.46. The minimum Gasteiger partial charge on any atom is -0.488 e. The van der Waals surface area contributed by atoms with Gasteiger partial charge >= 0.3 is 0 Å². The Morgan fingerprint density at radius 2 is 1.95 bits per heavy atom. The summed E-state index contributed by atoms with van der Waals surface area (Å²) in [6.45, 7) is 0.282. The molecular weight excluding hydrogens is 388 g/mol. The number of carbonyl (C=O) groups excluding carboxylic acids is 1. The summed E-state index contributed by atoms with van der Waals surface area (Å²) in [6, 6.07) is 12.8. The molecule has 0 saturated heterocycles. The van der Waals surface area contributed by atoms with E-state index >= 15 is 0 Å². The van der Waals surface area contributed by atoms with Crippen LogP contribution in [0.25, 0.3) is 0 Å². The van der Waals surface area contributed by atoms with Crippen LogP contribution in [0.2, 0.25) is 0 Å². The lowest BCUT2D eigenvalue weighted by molar-refractivity contribution is 0.0951. The van der Waals surface area contributed by atoms with E-state index in [-0.39, 0.29) is 12.5 Å². The molecule has 0 aliphatic heterocycles. The Morgan fingerprint density at radius 1 is 1.20 bits per heavy atom. The van der Waals surface area contributed by atoms with Crippen LogP contribution in [-0.2, 0) is 6.61 Å². The third kappa shape index (κ3) is 3.59. The summed E-state index contributed by atoms with van der Waals surface area (Å²) in [6.07, 6.45) is 0. The van der Waals surface area contributed by atoms with E-state index < -0.39 is 0 Å². The number of carbonyl (C=O) groups is 1. The van der Waals surface area contributed by atoms with Crippen LogP contribution in [0.1, 0.15) is 15.9 Å². The lowest BCUT2D eigenvalue weighted by Gasteiger charge is -2.11. The number of amides is 1. The molecule has 0 aliphatic carbocycles. The Bertz CT molecular complexity index is 632. The number of halogens is 2. The average molecular weight is 400 g/mol. The molecule has 0 fully saturated rings. The van der Waals surface area contributed by atoms with Crippen molar-refractivity contribution in [1.82, 2.24) is 5.43 Å². The fourth-order valence-electron chi connectivity index (χ4n) is 1.69. The number of nitrogens with one attached hydrogen (secondary N) is 1. The van der Waals surface area contributed by atoms with Gasteiger partial charge in [0, 0.05) is 15.6 Å². The van der Waals surface area contributed by atoms with Crippen molar-refractivity contribution >= 4 is 37.8 Å². The van der Waals surface area contributed by atoms with Gasteiger partial charge in [0.2, 0.25) is 0 Å². The molecule has 0 spiro atoms. The van der Waals surface area contributed by atoms with Crippen molar-refractivity contribution in [3.63, 3.8) is 0 Å². The van der Waals surface area contributed by atoms with E-state index in [1.807, 2.05) is 30.3 Å². The predicted octanol–water partition coefficient (Wildman–Crippen LogP) is 3.39. The van der Waals surface area contributed by atoms with Crippen molar-refractivity contribution in [2.75, 3.05) is 0 Å². The zero-order valence-corrected chi connectivity index (χ0v) is 13.6. The van der Waals surface area contributed by atoms with Gasteiger partial charge in [0.15, 0.2) is 0 Å². The van der Waals surface area contributed by atoms with Gasteiger partial charge in [-0.05, 0) is 40.2 Å². The number of ether oxygens (including phenoxy) is 1. The quantitative estimate of drug-likeness (QED) is 0.470. The van der Waals surface area contributed by atoms with Crippen LogP contribution in [0.4, 0.5) is 0 Å². The molecule has 0 aromatic heterocycles. The van der Waals surface area contributed by atoms with Gasteiger partial charge in [0.1, 0.15) is 12.4 Å². The van der Waals surface area contributed by atoms with Gasteiger partial charge in [-0.25, -0.2) is 5.84 Å². The molecule has 20 heavy (non-hydrogen) atoms. The zero-order chi connectivity index (χ0) is 14.5. The van der Waals surface area contributed by atoms with Crippen molar-refractivity contribution in [2.24, 2.45) is 5.84 Å². The number of benzene rings is 2. The summed E-state index contributed by atoms with van der Waals surface area (Å²) >= 11 is 6.81. The second-order valence-electron chi connectivity index (χ2n) is 3.99. The van der Waals surface area contributed by atoms with Crippen LogP contribution < -0.4 is 16.0 Å². The van der Waals surface area contributed by atoms with Crippen molar-refractivity contribution < 1.29 is 9.53 Å². The van der Waals surface area contributed by atoms with E-state index in [1.165, 1.54) is 0 Å². The van der Waals surface area contributed by atoms with Gasteiger partial charge in [-0.15, -0.1) is 0 Å². The summed E-state index contributed by atoms with van der Waals surface area (Å²) in [5.74, 6) is 5.54. The SMILES string of the molecule is NNC(=O)c1ccccc1COc1ccc(Br)cc1Br. The van der Waals surface area contributed by atoms with Gasteiger partial charge in [0.25, 0.3) is 5.91 Å². The first-order valence-electron chi connectivity index (χ1n) is 5.78. The molecule has 0 unspecified atom stereocenters. The fraction of sp³-hybridized carbons (Fsp3) is 0.0714. The Hall–Kier alpha value is -1.37. The van der Waals surface area contributed by atoms with Gasteiger partial charge in [-0.1, -0.05) is 34.1 Å². The Morgan fingerprint density at radius 3 is 2.65 bits per heavy atom. The fourth-order valence-corrected chi connectivity index (χ4v) is 2.85. The van der Waals surface area contributed by atoms with Crippen LogP contribution in [0.3, 0.4) is 0 Å². The molecule has 1 amide bonds. The summed E-state index contributed by atoms with van der Waals surface area (Å²) in [4.78, 5) is 11.7. The van der Waals surface area contributed by atoms with Gasteiger partial charge in [-0.3, -0.25) is 10.2 Å². The molecule has 0 aliphatic rings. The van der Waals surface area contributed by atoms with Gasteiger partial charge in [0.05, 0.1) is 4.47 Å². The first-order chi connectivity index (χ1) is 9.61. The summed E-state index contributed by atoms with van der Waals surface area (Å²) in [7, 11) is 0. The molecule has 2 rings (SSSR count). The van der Waals surface area contributed by atoms with Gasteiger partial charge in [-0.2, -0.15) is 0 Å². The van der Waals surface area contributed by atoms with E-state index in [0.717, 1.165) is 14.5 Å². The molecule has 3 N–H and O–H groups in total. The zero-order valence-electron chi connectivity index (χ0n) is 10.4. The molecule has 0 bridgehead atoms. The lowest BCUT2D eigenvalue weighted by atomic mass is 10.1. The molecule has 104 valence electrons. The summed E-state index contributed by atoms with van der Waals surface area (Å²) in [5.41, 5.74) is 3.40. The van der Waals surface area contributed by atoms with E-state index in [9.17, 15) is 4.79 Å². The molecule has 0 atom stereocenters. The lowest BCUT2D eigenvalue weighted by Crippen LogP contribution is -2.30. The molecule has 2 aromatic rings. The smallest absolute Gasteiger partial charge is 0.265 e. The van der Waals surface area contributed by atoms with Crippen LogP contribution in [0.15, 0.2) is 51.4 Å². The highest BCUT2D eigenvalue weighted by atomic mass is 79.9. The van der Waals surface area contributed by atoms with Gasteiger partial charge < -0.3 is 4.74 Å². The maximum Gasteiger partial charge on any atom is 0.265 e. The second-order valence-corrected chi connectivity index (χ2v) is 5.76. The highest BCUT2D eigenvalue weighted by Gasteiger charge is 2.10. The van der Waals surface area contributed by atoms with Crippen molar-refractivity contribution in [2.45, 2.75) is 6.61 Å². The van der Waals surface area contributed by atoms with E-state index in [4.69, 9.17) is 10.6 Å². The Kier molecular flexibility index (Phi) is 5.17.